The molecule has 1 aliphatic carbocycles. The second kappa shape index (κ2) is 7.53. The van der Waals surface area contributed by atoms with E-state index in [1.807, 2.05) is 0 Å². The summed E-state index contributed by atoms with van der Waals surface area (Å²) in [6.07, 6.45) is -1.60. The summed E-state index contributed by atoms with van der Waals surface area (Å²) in [5.74, 6) is -0.159. The Bertz CT molecular complexity index is 542. The summed E-state index contributed by atoms with van der Waals surface area (Å²) in [6, 6.07) is 5.20. The third-order valence-electron chi connectivity index (χ3n) is 4.24. The molecule has 7 heteroatoms. The van der Waals surface area contributed by atoms with Crippen LogP contribution in [0.25, 0.3) is 0 Å². The first-order valence-corrected chi connectivity index (χ1v) is 7.43. The van der Waals surface area contributed by atoms with Gasteiger partial charge < -0.3 is 11.1 Å². The summed E-state index contributed by atoms with van der Waals surface area (Å²) in [4.78, 5) is 11.7. The third kappa shape index (κ3) is 4.85. The molecule has 1 fully saturated rings. The van der Waals surface area contributed by atoms with E-state index < -0.39 is 11.7 Å². The van der Waals surface area contributed by atoms with Crippen LogP contribution in [0.1, 0.15) is 43.7 Å². The van der Waals surface area contributed by atoms with Crippen LogP contribution in [0.3, 0.4) is 0 Å². The third-order valence-corrected chi connectivity index (χ3v) is 4.24. The smallest absolute Gasteiger partial charge is 0.355 e. The van der Waals surface area contributed by atoms with Crippen LogP contribution >= 0.6 is 12.4 Å². The maximum absolute atomic E-state index is 12.9. The molecule has 0 saturated heterocycles. The zero-order valence-electron chi connectivity index (χ0n) is 13.0. The molecule has 0 bridgehead atoms. The molecule has 1 saturated carbocycles. The van der Waals surface area contributed by atoms with Crippen molar-refractivity contribution in [2.24, 2.45) is 5.73 Å². The van der Waals surface area contributed by atoms with E-state index in [-0.39, 0.29) is 36.2 Å². The lowest BCUT2D eigenvalue weighted by Crippen LogP contribution is -2.46. The molecular weight excluding hydrogens is 329 g/mol. The Kier molecular flexibility index (Phi) is 6.48. The molecular formula is C16H22ClF3N2O. The SMILES string of the molecule is CC(N)CC(=O)NCC1(c2cccc(C(F)(F)F)c2)CCC1.Cl. The highest BCUT2D eigenvalue weighted by atomic mass is 35.5. The lowest BCUT2D eigenvalue weighted by molar-refractivity contribution is -0.137. The maximum atomic E-state index is 12.9. The minimum absolute atomic E-state index is 0. The van der Waals surface area contributed by atoms with Gasteiger partial charge >= 0.3 is 6.18 Å². The summed E-state index contributed by atoms with van der Waals surface area (Å²) >= 11 is 0. The Hall–Kier alpha value is -1.27. The highest BCUT2D eigenvalue weighted by Crippen LogP contribution is 2.44. The number of halogens is 4. The summed E-state index contributed by atoms with van der Waals surface area (Å²) in [6.45, 7) is 2.10. The molecule has 0 radical (unpaired) electrons. The summed E-state index contributed by atoms with van der Waals surface area (Å²) in [5, 5.41) is 2.81. The fourth-order valence-electron chi connectivity index (χ4n) is 2.83. The molecule has 0 aromatic heterocycles. The predicted molar refractivity (Wildman–Crippen MR) is 85.5 cm³/mol. The number of amides is 1. The number of hydrogen-bond donors (Lipinski definition) is 2. The van der Waals surface area contributed by atoms with Gasteiger partial charge in [0.1, 0.15) is 0 Å². The van der Waals surface area contributed by atoms with Crippen LogP contribution in [-0.2, 0) is 16.4 Å². The van der Waals surface area contributed by atoms with Gasteiger partial charge in [0, 0.05) is 24.4 Å². The van der Waals surface area contributed by atoms with Gasteiger partial charge in [-0.25, -0.2) is 0 Å². The number of benzene rings is 1. The van der Waals surface area contributed by atoms with E-state index in [0.717, 1.165) is 25.3 Å². The normalized spacial score (nSPS) is 17.6. The Morgan fingerprint density at radius 1 is 1.39 bits per heavy atom. The van der Waals surface area contributed by atoms with Crippen molar-refractivity contribution in [3.05, 3.63) is 35.4 Å². The highest BCUT2D eigenvalue weighted by Gasteiger charge is 2.40. The second-order valence-electron chi connectivity index (χ2n) is 6.17. The summed E-state index contributed by atoms with van der Waals surface area (Å²) in [7, 11) is 0. The van der Waals surface area contributed by atoms with Gasteiger partial charge in [-0.05, 0) is 31.4 Å². The number of hydrogen-bond acceptors (Lipinski definition) is 2. The highest BCUT2D eigenvalue weighted by molar-refractivity contribution is 5.85. The molecule has 1 unspecified atom stereocenters. The molecule has 1 aromatic rings. The molecule has 130 valence electrons. The van der Waals surface area contributed by atoms with Crippen LogP contribution in [0, 0.1) is 0 Å². The van der Waals surface area contributed by atoms with E-state index >= 15 is 0 Å². The number of alkyl halides is 3. The van der Waals surface area contributed by atoms with Gasteiger partial charge in [-0.2, -0.15) is 13.2 Å². The molecule has 3 N–H and O–H groups in total. The number of carbonyl (C=O) groups is 1. The molecule has 0 heterocycles. The van der Waals surface area contributed by atoms with Crippen LogP contribution in [0.2, 0.25) is 0 Å². The van der Waals surface area contributed by atoms with E-state index in [9.17, 15) is 18.0 Å². The van der Waals surface area contributed by atoms with E-state index in [2.05, 4.69) is 5.32 Å². The fraction of sp³-hybridized carbons (Fsp3) is 0.562. The molecule has 23 heavy (non-hydrogen) atoms. The largest absolute Gasteiger partial charge is 0.416 e. The van der Waals surface area contributed by atoms with E-state index in [1.165, 1.54) is 12.1 Å². The molecule has 1 aliphatic rings. The van der Waals surface area contributed by atoms with Crippen LogP contribution in [0.5, 0.6) is 0 Å². The van der Waals surface area contributed by atoms with Crippen molar-refractivity contribution in [1.29, 1.82) is 0 Å². The number of nitrogens with two attached hydrogens (primary N) is 1. The summed E-state index contributed by atoms with van der Waals surface area (Å²) in [5.41, 5.74) is 5.20. The zero-order valence-corrected chi connectivity index (χ0v) is 13.8. The average molecular weight is 351 g/mol. The van der Waals surface area contributed by atoms with Gasteiger partial charge in [-0.15, -0.1) is 12.4 Å². The zero-order chi connectivity index (χ0) is 16.4. The monoisotopic (exact) mass is 350 g/mol. The lowest BCUT2D eigenvalue weighted by atomic mass is 9.64. The fourth-order valence-corrected chi connectivity index (χ4v) is 2.83. The molecule has 0 spiro atoms. The minimum Gasteiger partial charge on any atom is -0.355 e. The van der Waals surface area contributed by atoms with Gasteiger partial charge in [0.25, 0.3) is 0 Å². The first-order valence-electron chi connectivity index (χ1n) is 7.43. The number of nitrogens with one attached hydrogen (secondary N) is 1. The van der Waals surface area contributed by atoms with E-state index in [4.69, 9.17) is 5.73 Å². The predicted octanol–water partition coefficient (Wildman–Crippen LogP) is 3.40. The molecule has 1 atom stereocenters. The average Bonchev–Trinajstić information content (AvgIpc) is 2.36. The molecule has 2 rings (SSSR count). The Morgan fingerprint density at radius 2 is 2.04 bits per heavy atom. The first-order chi connectivity index (χ1) is 10.2. The van der Waals surface area contributed by atoms with Crippen molar-refractivity contribution in [2.75, 3.05) is 6.54 Å². The van der Waals surface area contributed by atoms with Crippen molar-refractivity contribution in [3.8, 4) is 0 Å². The number of rotatable bonds is 5. The van der Waals surface area contributed by atoms with Gasteiger partial charge in [0.2, 0.25) is 5.91 Å². The van der Waals surface area contributed by atoms with Gasteiger partial charge in [-0.1, -0.05) is 24.6 Å². The number of carbonyl (C=O) groups excluding carboxylic acids is 1. The standard InChI is InChI=1S/C16H21F3N2O.ClH/c1-11(20)8-14(22)21-10-15(6-3-7-15)12-4-2-5-13(9-12)16(17,18)19;/h2,4-5,9,11H,3,6-8,10,20H2,1H3,(H,21,22);1H. The van der Waals surface area contributed by atoms with Gasteiger partial charge in [-0.3, -0.25) is 4.79 Å². The van der Waals surface area contributed by atoms with Gasteiger partial charge in [0.15, 0.2) is 0 Å². The Labute approximate surface area is 140 Å². The van der Waals surface area contributed by atoms with Crippen LogP contribution in [0.4, 0.5) is 13.2 Å². The van der Waals surface area contributed by atoms with E-state index in [1.54, 1.807) is 13.0 Å². The lowest BCUT2D eigenvalue weighted by Gasteiger charge is -2.43. The molecule has 3 nitrogen and oxygen atoms in total. The van der Waals surface area contributed by atoms with Crippen molar-refractivity contribution in [1.82, 2.24) is 5.32 Å². The topological polar surface area (TPSA) is 55.1 Å². The molecule has 1 aromatic carbocycles. The van der Waals surface area contributed by atoms with Crippen molar-refractivity contribution < 1.29 is 18.0 Å². The van der Waals surface area contributed by atoms with Crippen LogP contribution < -0.4 is 11.1 Å². The van der Waals surface area contributed by atoms with Gasteiger partial charge in [0.05, 0.1) is 5.56 Å². The van der Waals surface area contributed by atoms with Crippen LogP contribution in [0.15, 0.2) is 24.3 Å². The van der Waals surface area contributed by atoms with Crippen molar-refractivity contribution in [2.45, 2.75) is 50.2 Å². The molecule has 0 aliphatic heterocycles. The first kappa shape index (κ1) is 19.8. The second-order valence-corrected chi connectivity index (χ2v) is 6.17. The maximum Gasteiger partial charge on any atom is 0.416 e. The van der Waals surface area contributed by atoms with Crippen LogP contribution in [-0.4, -0.2) is 18.5 Å². The Morgan fingerprint density at radius 3 is 2.52 bits per heavy atom. The Balaban J connectivity index is 0.00000264. The van der Waals surface area contributed by atoms with E-state index in [0.29, 0.717) is 12.1 Å². The summed E-state index contributed by atoms with van der Waals surface area (Å²) < 4.78 is 38.6. The van der Waals surface area contributed by atoms with Crippen molar-refractivity contribution in [3.63, 3.8) is 0 Å². The minimum atomic E-state index is -4.35. The molecule has 1 amide bonds. The van der Waals surface area contributed by atoms with Crippen molar-refractivity contribution >= 4 is 18.3 Å². The quantitative estimate of drug-likeness (QED) is 0.855.